The third kappa shape index (κ3) is 2.80. The molecule has 0 aliphatic heterocycles. The zero-order chi connectivity index (χ0) is 11.2. The molecule has 1 aromatic heterocycles. The second kappa shape index (κ2) is 5.26. The fraction of sp³-hybridized carbons (Fsp3) is 0.133. The molecule has 80 valence electrons. The first-order valence-electron chi connectivity index (χ1n) is 5.61. The zero-order valence-electron chi connectivity index (χ0n) is 9.51. The molecular weight excluding hydrogens is 194 g/mol. The Balaban J connectivity index is 2.12. The van der Waals surface area contributed by atoms with Crippen LogP contribution in [0, 0.1) is 0 Å². The molecule has 0 N–H and O–H groups in total. The van der Waals surface area contributed by atoms with Gasteiger partial charge in [0.1, 0.15) is 6.54 Å². The Morgan fingerprint density at radius 1 is 0.875 bits per heavy atom. The van der Waals surface area contributed by atoms with Crippen molar-refractivity contribution in [3.63, 3.8) is 0 Å². The Labute approximate surface area is 96.7 Å². The van der Waals surface area contributed by atoms with Crippen LogP contribution in [0.4, 0.5) is 0 Å². The van der Waals surface area contributed by atoms with Gasteiger partial charge in [0.2, 0.25) is 0 Å². The van der Waals surface area contributed by atoms with Crippen molar-refractivity contribution in [2.75, 3.05) is 0 Å². The first-order chi connectivity index (χ1) is 7.88. The molecular formula is C15H16N+. The summed E-state index contributed by atoms with van der Waals surface area (Å²) in [6.45, 7) is 3.15. The molecule has 1 aromatic carbocycles. The highest BCUT2D eigenvalue weighted by Gasteiger charge is 1.94. The Bertz CT molecular complexity index is 455. The molecule has 0 unspecified atom stereocenters. The summed E-state index contributed by atoms with van der Waals surface area (Å²) in [5.74, 6) is 0. The number of hydrogen-bond donors (Lipinski definition) is 0. The topological polar surface area (TPSA) is 3.88 Å². The van der Waals surface area contributed by atoms with Crippen molar-refractivity contribution >= 4 is 12.2 Å². The summed E-state index contributed by atoms with van der Waals surface area (Å²) >= 11 is 0. The smallest absolute Gasteiger partial charge is 0.169 e. The summed E-state index contributed by atoms with van der Waals surface area (Å²) in [5, 5.41) is 0. The van der Waals surface area contributed by atoms with Crippen LogP contribution >= 0.6 is 0 Å². The van der Waals surface area contributed by atoms with E-state index in [9.17, 15) is 0 Å². The maximum Gasteiger partial charge on any atom is 0.169 e. The van der Waals surface area contributed by atoms with E-state index in [2.05, 4.69) is 72.4 Å². The molecule has 0 saturated heterocycles. The summed E-state index contributed by atoms with van der Waals surface area (Å²) < 4.78 is 2.15. The highest BCUT2D eigenvalue weighted by Crippen LogP contribution is 2.06. The number of aryl methyl sites for hydroxylation is 1. The first kappa shape index (κ1) is 10.6. The van der Waals surface area contributed by atoms with E-state index in [4.69, 9.17) is 0 Å². The predicted octanol–water partition coefficient (Wildman–Crippen LogP) is 3.16. The van der Waals surface area contributed by atoms with Crippen LogP contribution in [0.2, 0.25) is 0 Å². The van der Waals surface area contributed by atoms with Gasteiger partial charge in [0.05, 0.1) is 0 Å². The fourth-order valence-corrected chi connectivity index (χ4v) is 1.55. The van der Waals surface area contributed by atoms with E-state index in [1.54, 1.807) is 0 Å². The molecule has 1 heteroatoms. The highest BCUT2D eigenvalue weighted by molar-refractivity contribution is 5.68. The van der Waals surface area contributed by atoms with Crippen LogP contribution in [0.25, 0.3) is 12.2 Å². The van der Waals surface area contributed by atoms with Crippen molar-refractivity contribution in [1.82, 2.24) is 0 Å². The number of benzene rings is 1. The second-order valence-electron chi connectivity index (χ2n) is 3.71. The third-order valence-corrected chi connectivity index (χ3v) is 2.55. The molecule has 2 aromatic rings. The predicted molar refractivity (Wildman–Crippen MR) is 67.7 cm³/mol. The molecule has 0 aliphatic carbocycles. The van der Waals surface area contributed by atoms with Crippen LogP contribution < -0.4 is 4.57 Å². The maximum absolute atomic E-state index is 2.15. The Morgan fingerprint density at radius 2 is 1.44 bits per heavy atom. The standard InChI is InChI=1S/C15H16N/c1-2-16-12-10-15(11-13-16)9-8-14-6-4-3-5-7-14/h3-13H,2H2,1H3/q+1. The number of aromatic nitrogens is 1. The van der Waals surface area contributed by atoms with Crippen LogP contribution in [-0.4, -0.2) is 0 Å². The Kier molecular flexibility index (Phi) is 3.50. The molecule has 1 heterocycles. The van der Waals surface area contributed by atoms with Gasteiger partial charge in [-0.05, 0) is 18.1 Å². The van der Waals surface area contributed by atoms with Crippen LogP contribution in [0.5, 0.6) is 0 Å². The van der Waals surface area contributed by atoms with Gasteiger partial charge in [-0.15, -0.1) is 0 Å². The van der Waals surface area contributed by atoms with Gasteiger partial charge < -0.3 is 0 Å². The van der Waals surface area contributed by atoms with Crippen LogP contribution in [0.15, 0.2) is 54.9 Å². The summed E-state index contributed by atoms with van der Waals surface area (Å²) in [4.78, 5) is 0. The maximum atomic E-state index is 2.15. The monoisotopic (exact) mass is 210 g/mol. The average molecular weight is 210 g/mol. The van der Waals surface area contributed by atoms with Crippen LogP contribution in [0.3, 0.4) is 0 Å². The van der Waals surface area contributed by atoms with Crippen LogP contribution in [0.1, 0.15) is 18.1 Å². The minimum Gasteiger partial charge on any atom is -0.205 e. The molecule has 0 bridgehead atoms. The number of nitrogens with zero attached hydrogens (tertiary/aromatic N) is 1. The summed E-state index contributed by atoms with van der Waals surface area (Å²) in [6.07, 6.45) is 8.47. The number of pyridine rings is 1. The summed E-state index contributed by atoms with van der Waals surface area (Å²) in [7, 11) is 0. The van der Waals surface area contributed by atoms with Gasteiger partial charge >= 0.3 is 0 Å². The molecule has 0 atom stereocenters. The van der Waals surface area contributed by atoms with Crippen molar-refractivity contribution in [2.45, 2.75) is 13.5 Å². The minimum absolute atomic E-state index is 1.02. The summed E-state index contributed by atoms with van der Waals surface area (Å²) in [5.41, 5.74) is 2.46. The molecule has 16 heavy (non-hydrogen) atoms. The first-order valence-corrected chi connectivity index (χ1v) is 5.61. The molecule has 0 aliphatic rings. The van der Waals surface area contributed by atoms with Gasteiger partial charge in [-0.2, -0.15) is 0 Å². The van der Waals surface area contributed by atoms with Gasteiger partial charge in [-0.1, -0.05) is 42.5 Å². The van der Waals surface area contributed by atoms with Gasteiger partial charge in [-0.3, -0.25) is 0 Å². The van der Waals surface area contributed by atoms with Crippen molar-refractivity contribution in [1.29, 1.82) is 0 Å². The molecule has 0 fully saturated rings. The van der Waals surface area contributed by atoms with E-state index in [0.29, 0.717) is 0 Å². The van der Waals surface area contributed by atoms with Crippen molar-refractivity contribution in [3.05, 3.63) is 66.0 Å². The lowest BCUT2D eigenvalue weighted by atomic mass is 10.1. The van der Waals surface area contributed by atoms with E-state index >= 15 is 0 Å². The van der Waals surface area contributed by atoms with Crippen molar-refractivity contribution in [3.8, 4) is 0 Å². The summed E-state index contributed by atoms with van der Waals surface area (Å²) in [6, 6.07) is 14.6. The average Bonchev–Trinajstić information content (AvgIpc) is 2.38. The van der Waals surface area contributed by atoms with E-state index in [1.807, 2.05) is 6.07 Å². The van der Waals surface area contributed by atoms with Crippen LogP contribution in [-0.2, 0) is 6.54 Å². The highest BCUT2D eigenvalue weighted by atomic mass is 14.9. The van der Waals surface area contributed by atoms with E-state index in [1.165, 1.54) is 11.1 Å². The normalized spacial score (nSPS) is 10.8. The largest absolute Gasteiger partial charge is 0.205 e. The van der Waals surface area contributed by atoms with Crippen molar-refractivity contribution < 1.29 is 4.57 Å². The fourth-order valence-electron chi connectivity index (χ4n) is 1.55. The number of rotatable bonds is 3. The van der Waals surface area contributed by atoms with E-state index in [0.717, 1.165) is 6.54 Å². The SMILES string of the molecule is CC[n+]1ccc(C=Cc2ccccc2)cc1. The molecule has 1 nitrogen and oxygen atoms in total. The molecule has 0 radical (unpaired) electrons. The van der Waals surface area contributed by atoms with Gasteiger partial charge in [0.25, 0.3) is 0 Å². The molecule has 0 amide bonds. The Morgan fingerprint density at radius 3 is 2.00 bits per heavy atom. The van der Waals surface area contributed by atoms with Gasteiger partial charge in [0, 0.05) is 12.1 Å². The van der Waals surface area contributed by atoms with E-state index < -0.39 is 0 Å². The molecule has 0 saturated carbocycles. The lowest BCUT2D eigenvalue weighted by Crippen LogP contribution is -2.30. The van der Waals surface area contributed by atoms with E-state index in [-0.39, 0.29) is 0 Å². The minimum atomic E-state index is 1.02. The quantitative estimate of drug-likeness (QED) is 0.685. The van der Waals surface area contributed by atoms with Gasteiger partial charge in [0.15, 0.2) is 12.4 Å². The van der Waals surface area contributed by atoms with Crippen molar-refractivity contribution in [2.24, 2.45) is 0 Å². The van der Waals surface area contributed by atoms with Gasteiger partial charge in [-0.25, -0.2) is 4.57 Å². The number of hydrogen-bond acceptors (Lipinski definition) is 0. The zero-order valence-corrected chi connectivity index (χ0v) is 9.51. The molecule has 0 spiro atoms. The lowest BCUT2D eigenvalue weighted by molar-refractivity contribution is -0.693. The Hall–Kier alpha value is -1.89. The lowest BCUT2D eigenvalue weighted by Gasteiger charge is -1.94. The third-order valence-electron chi connectivity index (χ3n) is 2.55. The second-order valence-corrected chi connectivity index (χ2v) is 3.71. The molecule has 2 rings (SSSR count).